The Morgan fingerprint density at radius 3 is 2.56 bits per heavy atom. The van der Waals surface area contributed by atoms with E-state index in [0.717, 1.165) is 9.16 Å². The molecule has 1 aliphatic rings. The van der Waals surface area contributed by atoms with Gasteiger partial charge in [-0.05, 0) is 6.08 Å². The van der Waals surface area contributed by atoms with Crippen LogP contribution in [0.2, 0.25) is 0 Å². The highest BCUT2D eigenvalue weighted by atomic mass is 35.5. The fourth-order valence-electron chi connectivity index (χ4n) is 0.333. The van der Waals surface area contributed by atoms with Gasteiger partial charge in [0, 0.05) is 18.0 Å². The number of halogens is 3. The minimum atomic E-state index is 0.293. The summed E-state index contributed by atoms with van der Waals surface area (Å²) in [4.78, 5) is 0. The molecule has 1 rings (SSSR count). The zero-order chi connectivity index (χ0) is 6.85. The van der Waals surface area contributed by atoms with E-state index in [0.29, 0.717) is 5.17 Å². The van der Waals surface area contributed by atoms with Gasteiger partial charge >= 0.3 is 0 Å². The van der Waals surface area contributed by atoms with Gasteiger partial charge in [-0.2, -0.15) is 4.53 Å². The summed E-state index contributed by atoms with van der Waals surface area (Å²) in [6.45, 7) is 0. The molecule has 1 aliphatic heterocycles. The lowest BCUT2D eigenvalue weighted by Gasteiger charge is -2.18. The van der Waals surface area contributed by atoms with Crippen LogP contribution < -0.4 is 0 Å². The second-order valence-corrected chi connectivity index (χ2v) is 2.30. The summed E-state index contributed by atoms with van der Waals surface area (Å²) >= 11 is 16.2. The predicted octanol–water partition coefficient (Wildman–Crippen LogP) is 1.89. The normalized spacial score (nSPS) is 18.3. The molecule has 0 saturated heterocycles. The van der Waals surface area contributed by atoms with Gasteiger partial charge < -0.3 is 0 Å². The fraction of sp³-hybridized carbons (Fsp3) is 0. The molecular formula is C3H2Cl3N3. The van der Waals surface area contributed by atoms with E-state index in [9.17, 15) is 0 Å². The second kappa shape index (κ2) is 2.64. The van der Waals surface area contributed by atoms with Gasteiger partial charge in [0.25, 0.3) is 0 Å². The maximum absolute atomic E-state index is 5.43. The molecule has 50 valence electrons. The topological polar surface area (TPSA) is 18.8 Å². The van der Waals surface area contributed by atoms with Gasteiger partial charge in [-0.1, -0.05) is 16.2 Å². The van der Waals surface area contributed by atoms with E-state index in [-0.39, 0.29) is 0 Å². The minimum absolute atomic E-state index is 0.293. The summed E-state index contributed by atoms with van der Waals surface area (Å²) < 4.78 is 1.96. The smallest absolute Gasteiger partial charge is 0.154 e. The molecule has 0 aromatic rings. The molecule has 0 unspecified atom stereocenters. The molecule has 0 amide bonds. The predicted molar refractivity (Wildman–Crippen MR) is 37.8 cm³/mol. The summed E-state index contributed by atoms with van der Waals surface area (Å²) in [6.07, 6.45) is 3.00. The van der Waals surface area contributed by atoms with Gasteiger partial charge in [-0.15, -0.1) is 5.10 Å². The number of rotatable bonds is 0. The van der Waals surface area contributed by atoms with Gasteiger partial charge in [-0.25, -0.2) is 0 Å². The van der Waals surface area contributed by atoms with Crippen LogP contribution in [-0.2, 0) is 0 Å². The lowest BCUT2D eigenvalue weighted by Crippen LogP contribution is -2.21. The molecule has 3 nitrogen and oxygen atoms in total. The number of hydrazine groups is 1. The summed E-state index contributed by atoms with van der Waals surface area (Å²) in [7, 11) is 0. The highest BCUT2D eigenvalue weighted by Crippen LogP contribution is 2.13. The Labute approximate surface area is 67.3 Å². The fourth-order valence-corrected chi connectivity index (χ4v) is 0.722. The van der Waals surface area contributed by atoms with Crippen LogP contribution >= 0.6 is 35.2 Å². The first-order chi connectivity index (χ1) is 4.20. The number of nitrogens with zero attached hydrogens (tertiary/aromatic N) is 3. The van der Waals surface area contributed by atoms with Crippen LogP contribution in [0.15, 0.2) is 17.4 Å². The lowest BCUT2D eigenvalue weighted by molar-refractivity contribution is 0.249. The van der Waals surface area contributed by atoms with Gasteiger partial charge in [0.1, 0.15) is 0 Å². The van der Waals surface area contributed by atoms with Crippen LogP contribution in [0.5, 0.6) is 0 Å². The Balaban J connectivity index is 2.70. The minimum Gasteiger partial charge on any atom is -0.169 e. The summed E-state index contributed by atoms with van der Waals surface area (Å²) in [5.41, 5.74) is 0. The van der Waals surface area contributed by atoms with Gasteiger partial charge in [0.05, 0.1) is 11.8 Å². The third kappa shape index (κ3) is 1.64. The molecular weight excluding hydrogens is 184 g/mol. The zero-order valence-corrected chi connectivity index (χ0v) is 6.40. The SMILES string of the molecule is ClC1=NN(Cl)N(Cl)C=C1. The van der Waals surface area contributed by atoms with Crippen molar-refractivity contribution in [2.75, 3.05) is 0 Å². The first-order valence-electron chi connectivity index (χ1n) is 2.03. The Morgan fingerprint density at radius 2 is 2.11 bits per heavy atom. The van der Waals surface area contributed by atoms with E-state index >= 15 is 0 Å². The number of hydrogen-bond donors (Lipinski definition) is 0. The Hall–Kier alpha value is -0.120. The molecule has 0 N–H and O–H groups in total. The standard InChI is InChI=1S/C3H2Cl3N3/c4-3-1-2-8(5)9(6)7-3/h1-2H. The van der Waals surface area contributed by atoms with Gasteiger partial charge in [0.15, 0.2) is 5.17 Å². The zero-order valence-electron chi connectivity index (χ0n) is 4.13. The molecule has 9 heavy (non-hydrogen) atoms. The van der Waals surface area contributed by atoms with E-state index < -0.39 is 0 Å². The molecule has 0 atom stereocenters. The summed E-state index contributed by atoms with van der Waals surface area (Å²) in [6, 6.07) is 0. The van der Waals surface area contributed by atoms with E-state index in [1.807, 2.05) is 0 Å². The first-order valence-corrected chi connectivity index (χ1v) is 3.08. The lowest BCUT2D eigenvalue weighted by atomic mass is 10.6. The maximum atomic E-state index is 5.43. The van der Waals surface area contributed by atoms with Crippen molar-refractivity contribution in [3.8, 4) is 0 Å². The Kier molecular flexibility index (Phi) is 2.05. The number of hydrogen-bond acceptors (Lipinski definition) is 3. The number of hydrazone groups is 1. The Bertz CT molecular complexity index is 166. The van der Waals surface area contributed by atoms with Crippen LogP contribution in [-0.4, -0.2) is 14.3 Å². The average molecular weight is 186 g/mol. The largest absolute Gasteiger partial charge is 0.169 e. The Morgan fingerprint density at radius 1 is 1.44 bits per heavy atom. The highest BCUT2D eigenvalue weighted by molar-refractivity contribution is 6.68. The van der Waals surface area contributed by atoms with Crippen LogP contribution in [0.3, 0.4) is 0 Å². The monoisotopic (exact) mass is 185 g/mol. The molecule has 0 bridgehead atoms. The van der Waals surface area contributed by atoms with Crippen molar-refractivity contribution >= 4 is 40.3 Å². The van der Waals surface area contributed by atoms with Crippen molar-refractivity contribution in [2.45, 2.75) is 0 Å². The van der Waals surface area contributed by atoms with E-state index in [2.05, 4.69) is 5.10 Å². The third-order valence-corrected chi connectivity index (χ3v) is 1.44. The maximum Gasteiger partial charge on any atom is 0.154 e. The molecule has 0 aromatic heterocycles. The summed E-state index contributed by atoms with van der Waals surface area (Å²) in [5.74, 6) is 0. The van der Waals surface area contributed by atoms with E-state index in [1.54, 1.807) is 0 Å². The first kappa shape index (κ1) is 6.99. The van der Waals surface area contributed by atoms with Crippen molar-refractivity contribution in [1.82, 2.24) is 9.16 Å². The molecule has 6 heteroatoms. The van der Waals surface area contributed by atoms with Crippen LogP contribution in [0.4, 0.5) is 0 Å². The number of allylic oxidation sites excluding steroid dienone is 1. The molecule has 0 radical (unpaired) electrons. The van der Waals surface area contributed by atoms with E-state index in [1.165, 1.54) is 12.3 Å². The molecule has 0 spiro atoms. The summed E-state index contributed by atoms with van der Waals surface area (Å²) in [5, 5.41) is 3.85. The average Bonchev–Trinajstić information content (AvgIpc) is 1.80. The molecule has 0 saturated carbocycles. The van der Waals surface area contributed by atoms with Crippen LogP contribution in [0, 0.1) is 0 Å². The molecule has 0 aromatic carbocycles. The van der Waals surface area contributed by atoms with Crippen molar-refractivity contribution in [1.29, 1.82) is 0 Å². The highest BCUT2D eigenvalue weighted by Gasteiger charge is 2.07. The van der Waals surface area contributed by atoms with Gasteiger partial charge in [-0.3, -0.25) is 0 Å². The van der Waals surface area contributed by atoms with Crippen molar-refractivity contribution in [2.24, 2.45) is 5.10 Å². The van der Waals surface area contributed by atoms with Crippen LogP contribution in [0.25, 0.3) is 0 Å². The quantitative estimate of drug-likeness (QED) is 0.538. The van der Waals surface area contributed by atoms with Crippen LogP contribution in [0.1, 0.15) is 0 Å². The van der Waals surface area contributed by atoms with Crippen molar-refractivity contribution in [3.05, 3.63) is 12.3 Å². The second-order valence-electron chi connectivity index (χ2n) is 1.27. The third-order valence-electron chi connectivity index (χ3n) is 0.671. The molecule has 1 heterocycles. The van der Waals surface area contributed by atoms with Crippen molar-refractivity contribution < 1.29 is 0 Å². The van der Waals surface area contributed by atoms with Crippen molar-refractivity contribution in [3.63, 3.8) is 0 Å². The van der Waals surface area contributed by atoms with E-state index in [4.69, 9.17) is 35.2 Å². The van der Waals surface area contributed by atoms with Gasteiger partial charge in [0.2, 0.25) is 0 Å². The molecule has 0 fully saturated rings. The molecule has 0 aliphatic carbocycles.